The van der Waals surface area contributed by atoms with Crippen LogP contribution < -0.4 is 5.32 Å². The molecule has 0 spiro atoms. The average molecular weight is 404 g/mol. The number of carbonyl (C=O) groups excluding carboxylic acids is 3. The number of nitrogens with one attached hydrogen (secondary N) is 1. The lowest BCUT2D eigenvalue weighted by Crippen LogP contribution is -2.45. The van der Waals surface area contributed by atoms with Crippen LogP contribution in [0.25, 0.3) is 0 Å². The molecule has 1 saturated heterocycles. The van der Waals surface area contributed by atoms with Crippen molar-refractivity contribution in [1.82, 2.24) is 15.2 Å². The van der Waals surface area contributed by atoms with Gasteiger partial charge < -0.3 is 5.32 Å². The summed E-state index contributed by atoms with van der Waals surface area (Å²) in [5, 5.41) is 8.61. The minimum Gasteiger partial charge on any atom is -0.319 e. The molecule has 0 aromatic heterocycles. The zero-order valence-corrected chi connectivity index (χ0v) is 16.9. The number of urea groups is 1. The Bertz CT molecular complexity index is 990. The molecule has 2 aliphatic rings. The minimum absolute atomic E-state index is 0.325. The van der Waals surface area contributed by atoms with Crippen LogP contribution in [-0.4, -0.2) is 46.6 Å². The molecule has 30 heavy (non-hydrogen) atoms. The first kappa shape index (κ1) is 19.8. The second-order valence-electron chi connectivity index (χ2n) is 7.52. The van der Waals surface area contributed by atoms with Crippen LogP contribution in [0.15, 0.2) is 65.8 Å². The van der Waals surface area contributed by atoms with E-state index in [1.165, 1.54) is 5.01 Å². The van der Waals surface area contributed by atoms with Gasteiger partial charge in [-0.05, 0) is 17.5 Å². The van der Waals surface area contributed by atoms with Crippen LogP contribution in [0.4, 0.5) is 4.79 Å². The zero-order valence-electron chi connectivity index (χ0n) is 16.9. The smallest absolute Gasteiger partial charge is 0.319 e. The molecule has 154 valence electrons. The maximum atomic E-state index is 13.3. The fourth-order valence-corrected chi connectivity index (χ4v) is 4.06. The third-order valence-corrected chi connectivity index (χ3v) is 5.56. The van der Waals surface area contributed by atoms with Gasteiger partial charge in [0.25, 0.3) is 11.8 Å². The largest absolute Gasteiger partial charge is 0.325 e. The first-order valence-corrected chi connectivity index (χ1v) is 10.2. The number of hydrazone groups is 1. The van der Waals surface area contributed by atoms with Crippen molar-refractivity contribution in [3.8, 4) is 0 Å². The summed E-state index contributed by atoms with van der Waals surface area (Å²) in [7, 11) is 0. The van der Waals surface area contributed by atoms with Crippen LogP contribution in [-0.2, 0) is 15.1 Å². The topological polar surface area (TPSA) is 82.1 Å². The number of hydrogen-bond donors (Lipinski definition) is 1. The summed E-state index contributed by atoms with van der Waals surface area (Å²) in [6, 6.07) is 18.3. The second-order valence-corrected chi connectivity index (χ2v) is 7.52. The first-order valence-electron chi connectivity index (χ1n) is 10.2. The lowest BCUT2D eigenvalue weighted by atomic mass is 9.85. The molecule has 4 amide bonds. The monoisotopic (exact) mass is 404 g/mol. The lowest BCUT2D eigenvalue weighted by molar-refractivity contribution is -0.139. The molecule has 1 fully saturated rings. The van der Waals surface area contributed by atoms with Gasteiger partial charge in [0, 0.05) is 6.42 Å². The summed E-state index contributed by atoms with van der Waals surface area (Å²) in [5.74, 6) is -0.759. The van der Waals surface area contributed by atoms with Crippen molar-refractivity contribution >= 4 is 23.6 Å². The van der Waals surface area contributed by atoms with Crippen LogP contribution in [0.2, 0.25) is 0 Å². The number of imide groups is 1. The standard InChI is InChI=1S/C23H24N4O3/c1-2-14-23(18-11-7-4-8-12-18)21(29)26(22(30)24-23)16-20(28)27-15-13-19(25-27)17-9-5-3-6-10-17/h3-12H,2,13-16H2,1H3,(H,24,30). The molecule has 2 aromatic carbocycles. The van der Waals surface area contributed by atoms with Crippen molar-refractivity contribution in [1.29, 1.82) is 0 Å². The van der Waals surface area contributed by atoms with E-state index in [9.17, 15) is 14.4 Å². The predicted molar refractivity (Wildman–Crippen MR) is 113 cm³/mol. The number of nitrogens with zero attached hydrogens (tertiary/aromatic N) is 3. The first-order chi connectivity index (χ1) is 14.5. The predicted octanol–water partition coefficient (Wildman–Crippen LogP) is 2.87. The highest BCUT2D eigenvalue weighted by atomic mass is 16.2. The maximum Gasteiger partial charge on any atom is 0.325 e. The van der Waals surface area contributed by atoms with Gasteiger partial charge in [0.05, 0.1) is 12.3 Å². The van der Waals surface area contributed by atoms with Gasteiger partial charge in [-0.2, -0.15) is 5.10 Å². The Labute approximate surface area is 175 Å². The number of carbonyl (C=O) groups is 3. The van der Waals surface area contributed by atoms with Gasteiger partial charge in [0.15, 0.2) is 0 Å². The Morgan fingerprint density at radius 2 is 1.73 bits per heavy atom. The van der Waals surface area contributed by atoms with E-state index < -0.39 is 11.6 Å². The Hall–Kier alpha value is -3.48. The van der Waals surface area contributed by atoms with Crippen molar-refractivity contribution in [2.75, 3.05) is 13.1 Å². The van der Waals surface area contributed by atoms with Gasteiger partial charge >= 0.3 is 6.03 Å². The van der Waals surface area contributed by atoms with Crippen LogP contribution >= 0.6 is 0 Å². The molecule has 1 N–H and O–H groups in total. The van der Waals surface area contributed by atoms with E-state index in [1.54, 1.807) is 0 Å². The molecule has 2 heterocycles. The van der Waals surface area contributed by atoms with E-state index in [-0.39, 0.29) is 18.4 Å². The average Bonchev–Trinajstić information content (AvgIpc) is 3.36. The quantitative estimate of drug-likeness (QED) is 0.752. The third-order valence-electron chi connectivity index (χ3n) is 5.56. The van der Waals surface area contributed by atoms with Gasteiger partial charge in [0.2, 0.25) is 0 Å². The van der Waals surface area contributed by atoms with Gasteiger partial charge in [-0.3, -0.25) is 14.5 Å². The Balaban J connectivity index is 1.52. The summed E-state index contributed by atoms with van der Waals surface area (Å²) < 4.78 is 0. The Morgan fingerprint density at radius 3 is 2.40 bits per heavy atom. The lowest BCUT2D eigenvalue weighted by Gasteiger charge is -2.27. The zero-order chi connectivity index (χ0) is 21.1. The van der Waals surface area contributed by atoms with Crippen molar-refractivity contribution in [2.24, 2.45) is 5.10 Å². The van der Waals surface area contributed by atoms with E-state index in [2.05, 4.69) is 10.4 Å². The Morgan fingerprint density at radius 1 is 1.07 bits per heavy atom. The molecule has 2 aromatic rings. The molecule has 0 radical (unpaired) electrons. The van der Waals surface area contributed by atoms with E-state index in [1.807, 2.05) is 67.6 Å². The normalized spacial score (nSPS) is 21.0. The summed E-state index contributed by atoms with van der Waals surface area (Å²) >= 11 is 0. The molecule has 2 aliphatic heterocycles. The molecule has 4 rings (SSSR count). The molecule has 7 heteroatoms. The van der Waals surface area contributed by atoms with Crippen molar-refractivity contribution in [3.05, 3.63) is 71.8 Å². The van der Waals surface area contributed by atoms with Crippen LogP contribution in [0.3, 0.4) is 0 Å². The van der Waals surface area contributed by atoms with Gasteiger partial charge in [-0.1, -0.05) is 74.0 Å². The highest BCUT2D eigenvalue weighted by molar-refractivity contribution is 6.09. The highest BCUT2D eigenvalue weighted by Crippen LogP contribution is 2.33. The molecule has 1 unspecified atom stereocenters. The van der Waals surface area contributed by atoms with E-state index in [4.69, 9.17) is 0 Å². The molecule has 1 atom stereocenters. The van der Waals surface area contributed by atoms with Crippen LogP contribution in [0.1, 0.15) is 37.3 Å². The summed E-state index contributed by atoms with van der Waals surface area (Å²) in [4.78, 5) is 39.8. The van der Waals surface area contributed by atoms with Crippen molar-refractivity contribution in [2.45, 2.75) is 31.7 Å². The fraction of sp³-hybridized carbons (Fsp3) is 0.304. The highest BCUT2D eigenvalue weighted by Gasteiger charge is 2.52. The molecule has 0 saturated carbocycles. The van der Waals surface area contributed by atoms with Crippen LogP contribution in [0.5, 0.6) is 0 Å². The fourth-order valence-electron chi connectivity index (χ4n) is 4.06. The van der Waals surface area contributed by atoms with Crippen LogP contribution in [0, 0.1) is 0 Å². The number of rotatable bonds is 6. The van der Waals surface area contributed by atoms with Crippen molar-refractivity contribution < 1.29 is 14.4 Å². The van der Waals surface area contributed by atoms with E-state index in [0.29, 0.717) is 25.8 Å². The van der Waals surface area contributed by atoms with Gasteiger partial charge in [-0.15, -0.1) is 0 Å². The van der Waals surface area contributed by atoms with E-state index >= 15 is 0 Å². The number of amides is 4. The summed E-state index contributed by atoms with van der Waals surface area (Å²) in [5.41, 5.74) is 1.39. The maximum absolute atomic E-state index is 13.3. The molecular weight excluding hydrogens is 380 g/mol. The third kappa shape index (κ3) is 3.47. The summed E-state index contributed by atoms with van der Waals surface area (Å²) in [6.45, 7) is 2.07. The SMILES string of the molecule is CCCC1(c2ccccc2)NC(=O)N(CC(=O)N2CCC(c3ccccc3)=N2)C1=O. The molecular formula is C23H24N4O3. The minimum atomic E-state index is -1.13. The van der Waals surface area contributed by atoms with Crippen molar-refractivity contribution in [3.63, 3.8) is 0 Å². The number of benzene rings is 2. The van der Waals surface area contributed by atoms with Gasteiger partial charge in [-0.25, -0.2) is 9.80 Å². The van der Waals surface area contributed by atoms with Gasteiger partial charge in [0.1, 0.15) is 12.1 Å². The molecule has 7 nitrogen and oxygen atoms in total. The number of hydrogen-bond acceptors (Lipinski definition) is 4. The second kappa shape index (κ2) is 8.10. The Kier molecular flexibility index (Phi) is 5.35. The van der Waals surface area contributed by atoms with E-state index in [0.717, 1.165) is 21.7 Å². The molecule has 0 aliphatic carbocycles. The summed E-state index contributed by atoms with van der Waals surface area (Å²) in [6.07, 6.45) is 1.81. The molecule has 0 bridgehead atoms.